The molecule has 2 rings (SSSR count). The first-order valence-electron chi connectivity index (χ1n) is 5.69. The number of carbonyl (C=O) groups is 1. The monoisotopic (exact) mass is 246 g/mol. The van der Waals surface area contributed by atoms with E-state index in [1.165, 1.54) is 0 Å². The molecule has 3 nitrogen and oxygen atoms in total. The van der Waals surface area contributed by atoms with Crippen molar-refractivity contribution in [2.45, 2.75) is 30.2 Å². The highest BCUT2D eigenvalue weighted by molar-refractivity contribution is 7.80. The molecule has 1 fully saturated rings. The number of amides is 1. The van der Waals surface area contributed by atoms with E-state index in [0.29, 0.717) is 24.6 Å². The molecule has 0 saturated heterocycles. The lowest BCUT2D eigenvalue weighted by atomic mass is 10.2. The Kier molecular flexibility index (Phi) is 3.70. The fraction of sp³-hybridized carbons (Fsp3) is 0.385. The number of thiol groups is 1. The summed E-state index contributed by atoms with van der Waals surface area (Å²) in [5, 5.41) is 8.61. The lowest BCUT2D eigenvalue weighted by Crippen LogP contribution is -2.33. The summed E-state index contributed by atoms with van der Waals surface area (Å²) in [4.78, 5) is 14.9. The van der Waals surface area contributed by atoms with Crippen molar-refractivity contribution < 1.29 is 4.79 Å². The highest BCUT2D eigenvalue weighted by Gasteiger charge is 2.32. The van der Waals surface area contributed by atoms with Crippen LogP contribution >= 0.6 is 12.6 Å². The van der Waals surface area contributed by atoms with Crippen molar-refractivity contribution in [1.82, 2.24) is 4.90 Å². The van der Waals surface area contributed by atoms with Gasteiger partial charge in [-0.05, 0) is 37.1 Å². The summed E-state index contributed by atoms with van der Waals surface area (Å²) in [6.07, 6.45) is 2.51. The fourth-order valence-corrected chi connectivity index (χ4v) is 1.93. The van der Waals surface area contributed by atoms with Crippen molar-refractivity contribution in [2.75, 3.05) is 6.54 Å². The molecule has 0 bridgehead atoms. The molecule has 0 atom stereocenters. The summed E-state index contributed by atoms with van der Waals surface area (Å²) in [5.74, 6) is 0.0242. The minimum absolute atomic E-state index is 0.0242. The summed E-state index contributed by atoms with van der Waals surface area (Å²) >= 11 is 4.19. The summed E-state index contributed by atoms with van der Waals surface area (Å²) < 4.78 is 0. The predicted molar refractivity (Wildman–Crippen MR) is 68.0 cm³/mol. The standard InChI is InChI=1S/C13H14N2OS/c14-8-1-9-15(11-4-5-11)13(16)10-2-6-12(17)7-3-10/h2-3,6-7,11,17H,1,4-5,9H2. The largest absolute Gasteiger partial charge is 0.335 e. The van der Waals surface area contributed by atoms with Crippen molar-refractivity contribution in [3.8, 4) is 6.07 Å². The molecular formula is C13H14N2OS. The van der Waals surface area contributed by atoms with Crippen LogP contribution in [0.2, 0.25) is 0 Å². The fourth-order valence-electron chi connectivity index (χ4n) is 1.78. The second-order valence-electron chi connectivity index (χ2n) is 4.18. The first-order valence-corrected chi connectivity index (χ1v) is 6.14. The van der Waals surface area contributed by atoms with E-state index in [9.17, 15) is 4.79 Å². The van der Waals surface area contributed by atoms with Gasteiger partial charge in [-0.25, -0.2) is 0 Å². The maximum atomic E-state index is 12.2. The molecule has 1 aliphatic rings. The lowest BCUT2D eigenvalue weighted by Gasteiger charge is -2.21. The zero-order valence-corrected chi connectivity index (χ0v) is 10.4. The highest BCUT2D eigenvalue weighted by Crippen LogP contribution is 2.28. The van der Waals surface area contributed by atoms with Gasteiger partial charge in [0.25, 0.3) is 5.91 Å². The van der Waals surface area contributed by atoms with Crippen LogP contribution < -0.4 is 0 Å². The van der Waals surface area contributed by atoms with E-state index < -0.39 is 0 Å². The van der Waals surface area contributed by atoms with Gasteiger partial charge in [0, 0.05) is 23.0 Å². The molecule has 0 unspecified atom stereocenters. The third kappa shape index (κ3) is 3.01. The van der Waals surface area contributed by atoms with Gasteiger partial charge >= 0.3 is 0 Å². The van der Waals surface area contributed by atoms with Crippen LogP contribution in [0.25, 0.3) is 0 Å². The Morgan fingerprint density at radius 3 is 2.59 bits per heavy atom. The van der Waals surface area contributed by atoms with E-state index >= 15 is 0 Å². The maximum Gasteiger partial charge on any atom is 0.254 e. The molecule has 4 heteroatoms. The second-order valence-corrected chi connectivity index (χ2v) is 4.70. The van der Waals surface area contributed by atoms with Gasteiger partial charge in [-0.1, -0.05) is 0 Å². The van der Waals surface area contributed by atoms with E-state index in [2.05, 4.69) is 18.7 Å². The summed E-state index contributed by atoms with van der Waals surface area (Å²) in [5.41, 5.74) is 0.674. The third-order valence-electron chi connectivity index (χ3n) is 2.83. The SMILES string of the molecule is N#CCCN(C(=O)c1ccc(S)cc1)C1CC1. The van der Waals surface area contributed by atoms with Gasteiger partial charge in [0.05, 0.1) is 12.5 Å². The molecule has 0 spiro atoms. The van der Waals surface area contributed by atoms with Gasteiger partial charge < -0.3 is 4.90 Å². The van der Waals surface area contributed by atoms with Crippen LogP contribution in [-0.2, 0) is 0 Å². The van der Waals surface area contributed by atoms with Gasteiger partial charge in [0.1, 0.15) is 0 Å². The topological polar surface area (TPSA) is 44.1 Å². The first kappa shape index (κ1) is 12.0. The molecule has 1 aliphatic carbocycles. The number of hydrogen-bond acceptors (Lipinski definition) is 3. The van der Waals surface area contributed by atoms with Crippen LogP contribution in [0.5, 0.6) is 0 Å². The Morgan fingerprint density at radius 1 is 1.41 bits per heavy atom. The minimum Gasteiger partial charge on any atom is -0.335 e. The van der Waals surface area contributed by atoms with E-state index in [-0.39, 0.29) is 5.91 Å². The Hall–Kier alpha value is -1.47. The van der Waals surface area contributed by atoms with Crippen molar-refractivity contribution in [2.24, 2.45) is 0 Å². The maximum absolute atomic E-state index is 12.2. The second kappa shape index (κ2) is 5.24. The minimum atomic E-state index is 0.0242. The normalized spacial score (nSPS) is 14.1. The molecule has 0 radical (unpaired) electrons. The van der Waals surface area contributed by atoms with Crippen LogP contribution in [0.4, 0.5) is 0 Å². The summed E-state index contributed by atoms with van der Waals surface area (Å²) in [6, 6.07) is 9.62. The molecule has 0 heterocycles. The number of benzene rings is 1. The molecule has 0 aliphatic heterocycles. The molecule has 0 N–H and O–H groups in total. The molecule has 1 amide bonds. The zero-order chi connectivity index (χ0) is 12.3. The van der Waals surface area contributed by atoms with Gasteiger partial charge in [-0.3, -0.25) is 4.79 Å². The molecular weight excluding hydrogens is 232 g/mol. The van der Waals surface area contributed by atoms with Crippen LogP contribution in [-0.4, -0.2) is 23.4 Å². The van der Waals surface area contributed by atoms with Crippen molar-refractivity contribution in [3.63, 3.8) is 0 Å². The van der Waals surface area contributed by atoms with Gasteiger partial charge in [0.2, 0.25) is 0 Å². The van der Waals surface area contributed by atoms with Crippen molar-refractivity contribution in [3.05, 3.63) is 29.8 Å². The molecule has 17 heavy (non-hydrogen) atoms. The Labute approximate surface area is 106 Å². The Morgan fingerprint density at radius 2 is 2.06 bits per heavy atom. The number of nitrogens with zero attached hydrogens (tertiary/aromatic N) is 2. The van der Waals surface area contributed by atoms with Gasteiger partial charge in [-0.15, -0.1) is 12.6 Å². The summed E-state index contributed by atoms with van der Waals surface area (Å²) in [6.45, 7) is 0.530. The lowest BCUT2D eigenvalue weighted by molar-refractivity contribution is 0.0747. The van der Waals surface area contributed by atoms with E-state index in [4.69, 9.17) is 5.26 Å². The van der Waals surface area contributed by atoms with Crippen LogP contribution in [0, 0.1) is 11.3 Å². The van der Waals surface area contributed by atoms with E-state index in [1.54, 1.807) is 12.1 Å². The summed E-state index contributed by atoms with van der Waals surface area (Å²) in [7, 11) is 0. The molecule has 0 aromatic heterocycles. The highest BCUT2D eigenvalue weighted by atomic mass is 32.1. The first-order chi connectivity index (χ1) is 8.22. The van der Waals surface area contributed by atoms with Crippen molar-refractivity contribution in [1.29, 1.82) is 5.26 Å². The molecule has 1 aromatic carbocycles. The zero-order valence-electron chi connectivity index (χ0n) is 9.47. The van der Waals surface area contributed by atoms with E-state index in [1.807, 2.05) is 17.0 Å². The van der Waals surface area contributed by atoms with Gasteiger partial charge in [-0.2, -0.15) is 5.26 Å². The number of nitriles is 1. The average molecular weight is 246 g/mol. The molecule has 1 saturated carbocycles. The molecule has 88 valence electrons. The third-order valence-corrected chi connectivity index (χ3v) is 3.13. The van der Waals surface area contributed by atoms with Crippen LogP contribution in [0.15, 0.2) is 29.2 Å². The average Bonchev–Trinajstić information content (AvgIpc) is 3.14. The van der Waals surface area contributed by atoms with Crippen molar-refractivity contribution >= 4 is 18.5 Å². The number of rotatable bonds is 4. The van der Waals surface area contributed by atoms with Crippen LogP contribution in [0.3, 0.4) is 0 Å². The number of carbonyl (C=O) groups excluding carboxylic acids is 1. The smallest absolute Gasteiger partial charge is 0.254 e. The van der Waals surface area contributed by atoms with Crippen LogP contribution in [0.1, 0.15) is 29.6 Å². The Bertz CT molecular complexity index is 445. The Balaban J connectivity index is 2.10. The van der Waals surface area contributed by atoms with E-state index in [0.717, 1.165) is 17.7 Å². The quantitative estimate of drug-likeness (QED) is 0.829. The van der Waals surface area contributed by atoms with Gasteiger partial charge in [0.15, 0.2) is 0 Å². The molecule has 1 aromatic rings. The predicted octanol–water partition coefficient (Wildman–Crippen LogP) is 2.49. The number of hydrogen-bond donors (Lipinski definition) is 1.